The second-order valence-corrected chi connectivity index (χ2v) is 11.8. The minimum absolute atomic E-state index is 0.323. The minimum atomic E-state index is -0.826. The van der Waals surface area contributed by atoms with Gasteiger partial charge >= 0.3 is 11.9 Å². The maximum atomic E-state index is 13.6. The average molecular weight is 675 g/mol. The molecule has 0 spiro atoms. The van der Waals surface area contributed by atoms with E-state index in [2.05, 4.69) is 12.1 Å². The molecule has 8 heteroatoms. The Kier molecular flexibility index (Phi) is 12.1. The number of benzene rings is 5. The maximum Gasteiger partial charge on any atom is 0.341 e. The van der Waals surface area contributed by atoms with E-state index in [0.29, 0.717) is 51.9 Å². The van der Waals surface area contributed by atoms with Crippen LogP contribution in [0.2, 0.25) is 0 Å². The topological polar surface area (TPSA) is 89.5 Å². The normalized spacial score (nSPS) is 11.9. The van der Waals surface area contributed by atoms with Crippen molar-refractivity contribution in [2.24, 2.45) is 0 Å². The number of ether oxygens (including phenoxy) is 6. The smallest absolute Gasteiger partial charge is 0.341 e. The van der Waals surface area contributed by atoms with Crippen LogP contribution in [0.1, 0.15) is 61.9 Å². The van der Waals surface area contributed by atoms with Gasteiger partial charge in [0.2, 0.25) is 0 Å². The molecular weight excluding hydrogens is 632 g/mol. The summed E-state index contributed by atoms with van der Waals surface area (Å²) in [6.45, 7) is 3.83. The molecule has 258 valence electrons. The molecule has 8 nitrogen and oxygen atoms in total. The molecule has 50 heavy (non-hydrogen) atoms. The van der Waals surface area contributed by atoms with Gasteiger partial charge in [0.15, 0.2) is 6.10 Å². The molecule has 5 aromatic rings. The molecular formula is C42H42O8. The lowest BCUT2D eigenvalue weighted by atomic mass is 9.96. The van der Waals surface area contributed by atoms with Gasteiger partial charge in [0.1, 0.15) is 40.4 Å². The van der Waals surface area contributed by atoms with E-state index in [-0.39, 0.29) is 0 Å². The third kappa shape index (κ3) is 9.02. The number of rotatable bonds is 15. The van der Waals surface area contributed by atoms with Crippen molar-refractivity contribution in [2.75, 3.05) is 21.3 Å². The first kappa shape index (κ1) is 35.5. The molecule has 0 bridgehead atoms. The predicted molar refractivity (Wildman–Crippen MR) is 192 cm³/mol. The van der Waals surface area contributed by atoms with Gasteiger partial charge in [0.05, 0.1) is 26.9 Å². The number of methoxy groups -OCH3 is 3. The Morgan fingerprint density at radius 2 is 1.28 bits per heavy atom. The van der Waals surface area contributed by atoms with Gasteiger partial charge in [-0.2, -0.15) is 0 Å². The Hall–Kier alpha value is -5.76. The first-order valence-electron chi connectivity index (χ1n) is 16.5. The zero-order valence-corrected chi connectivity index (χ0v) is 29.0. The Balaban J connectivity index is 1.48. The Bertz CT molecular complexity index is 1850. The minimum Gasteiger partial charge on any atom is -0.496 e. The van der Waals surface area contributed by atoms with Gasteiger partial charge in [-0.05, 0) is 105 Å². The first-order valence-corrected chi connectivity index (χ1v) is 16.5. The van der Waals surface area contributed by atoms with Crippen molar-refractivity contribution in [3.8, 4) is 28.7 Å². The molecule has 0 amide bonds. The number of aryl methyl sites for hydroxylation is 2. The van der Waals surface area contributed by atoms with Gasteiger partial charge in [-0.15, -0.1) is 0 Å². The van der Waals surface area contributed by atoms with Crippen molar-refractivity contribution in [3.63, 3.8) is 0 Å². The van der Waals surface area contributed by atoms with E-state index in [0.717, 1.165) is 24.0 Å². The molecule has 0 heterocycles. The van der Waals surface area contributed by atoms with Gasteiger partial charge in [-0.1, -0.05) is 54.6 Å². The Morgan fingerprint density at radius 3 is 1.90 bits per heavy atom. The van der Waals surface area contributed by atoms with Crippen molar-refractivity contribution in [1.82, 2.24) is 0 Å². The second-order valence-electron chi connectivity index (χ2n) is 11.8. The Morgan fingerprint density at radius 1 is 0.660 bits per heavy atom. The Labute approximate surface area is 293 Å². The summed E-state index contributed by atoms with van der Waals surface area (Å²) in [5.41, 5.74) is 4.39. The fourth-order valence-corrected chi connectivity index (χ4v) is 5.69. The summed E-state index contributed by atoms with van der Waals surface area (Å²) in [5.74, 6) is 1.69. The monoisotopic (exact) mass is 674 g/mol. The lowest BCUT2D eigenvalue weighted by molar-refractivity contribution is -0.0139. The van der Waals surface area contributed by atoms with Gasteiger partial charge < -0.3 is 28.4 Å². The summed E-state index contributed by atoms with van der Waals surface area (Å²) in [5, 5.41) is 0. The summed E-state index contributed by atoms with van der Waals surface area (Å²) < 4.78 is 35.5. The van der Waals surface area contributed by atoms with Crippen LogP contribution in [0.3, 0.4) is 0 Å². The third-order valence-corrected chi connectivity index (χ3v) is 8.36. The van der Waals surface area contributed by atoms with E-state index in [4.69, 9.17) is 28.4 Å². The van der Waals surface area contributed by atoms with Crippen LogP contribution in [0.25, 0.3) is 0 Å². The van der Waals surface area contributed by atoms with E-state index in [9.17, 15) is 9.59 Å². The molecule has 0 radical (unpaired) electrons. The van der Waals surface area contributed by atoms with Crippen LogP contribution in [0.4, 0.5) is 0 Å². The maximum absolute atomic E-state index is 13.6. The number of carbonyl (C=O) groups excluding carboxylic acids is 2. The van der Waals surface area contributed by atoms with Gasteiger partial charge in [0.25, 0.3) is 0 Å². The molecule has 0 aromatic heterocycles. The van der Waals surface area contributed by atoms with Crippen molar-refractivity contribution in [3.05, 3.63) is 149 Å². The van der Waals surface area contributed by atoms with E-state index >= 15 is 0 Å². The van der Waals surface area contributed by atoms with Crippen molar-refractivity contribution in [2.45, 2.75) is 45.3 Å². The van der Waals surface area contributed by atoms with Crippen LogP contribution in [0.15, 0.2) is 115 Å². The van der Waals surface area contributed by atoms with Crippen LogP contribution >= 0.6 is 0 Å². The highest BCUT2D eigenvalue weighted by atomic mass is 16.6. The lowest BCUT2D eigenvalue weighted by Crippen LogP contribution is -2.30. The largest absolute Gasteiger partial charge is 0.496 e. The highest BCUT2D eigenvalue weighted by Gasteiger charge is 2.31. The molecule has 0 fully saturated rings. The second kappa shape index (κ2) is 17.1. The molecule has 0 aliphatic heterocycles. The predicted octanol–water partition coefficient (Wildman–Crippen LogP) is 9.27. The lowest BCUT2D eigenvalue weighted by Gasteiger charge is -2.29. The fourth-order valence-electron chi connectivity index (χ4n) is 5.69. The molecule has 5 aromatic carbocycles. The molecule has 2 atom stereocenters. The number of hydrogen-bond donors (Lipinski definition) is 0. The zero-order valence-electron chi connectivity index (χ0n) is 29.0. The number of hydrogen-bond acceptors (Lipinski definition) is 8. The van der Waals surface area contributed by atoms with Crippen LogP contribution in [0, 0.1) is 13.8 Å². The number of esters is 2. The van der Waals surface area contributed by atoms with Crippen molar-refractivity contribution in [1.29, 1.82) is 0 Å². The quantitative estimate of drug-likeness (QED) is 0.102. The molecule has 0 aliphatic rings. The summed E-state index contributed by atoms with van der Waals surface area (Å²) in [7, 11) is 4.53. The van der Waals surface area contributed by atoms with Gasteiger partial charge in [-0.3, -0.25) is 0 Å². The summed E-state index contributed by atoms with van der Waals surface area (Å²) in [4.78, 5) is 26.0. The van der Waals surface area contributed by atoms with Crippen LogP contribution in [-0.4, -0.2) is 39.4 Å². The van der Waals surface area contributed by atoms with Crippen molar-refractivity contribution < 1.29 is 38.0 Å². The van der Waals surface area contributed by atoms with Gasteiger partial charge in [0, 0.05) is 11.1 Å². The molecule has 2 unspecified atom stereocenters. The highest BCUT2D eigenvalue weighted by Crippen LogP contribution is 2.38. The van der Waals surface area contributed by atoms with E-state index in [1.54, 1.807) is 74.9 Å². The van der Waals surface area contributed by atoms with E-state index in [1.807, 2.05) is 56.3 Å². The highest BCUT2D eigenvalue weighted by molar-refractivity contribution is 5.92. The van der Waals surface area contributed by atoms with Crippen LogP contribution in [0.5, 0.6) is 28.7 Å². The van der Waals surface area contributed by atoms with E-state index < -0.39 is 24.1 Å². The first-order chi connectivity index (χ1) is 24.3. The summed E-state index contributed by atoms with van der Waals surface area (Å²) in [6, 6.07) is 35.3. The molecule has 5 rings (SSSR count). The SMILES string of the molecule is COC(=O)c1ccc(C)cc1Oc1ccc(OC(CCCc2ccccc2)C(OC(=O)c2ccccc2)c2cc(OC)c(C)c(OC)c2)cc1. The molecule has 0 saturated carbocycles. The summed E-state index contributed by atoms with van der Waals surface area (Å²) >= 11 is 0. The van der Waals surface area contributed by atoms with Crippen LogP contribution in [-0.2, 0) is 15.9 Å². The standard InChI is InChI=1S/C42H42O8/c1-28-19-24-35(42(44)47-5)39(25-28)49-34-22-20-33(21-23-34)48-36(18-12-15-30-13-8-6-9-14-30)40(50-41(43)31-16-10-7-11-17-31)32-26-37(45-3)29(2)38(27-32)46-4/h6-11,13-14,16-17,19-27,36,40H,12,15,18H2,1-5H3. The zero-order chi connectivity index (χ0) is 35.5. The van der Waals surface area contributed by atoms with E-state index in [1.165, 1.54) is 12.7 Å². The fraction of sp³-hybridized carbons (Fsp3) is 0.238. The molecule has 0 N–H and O–H groups in total. The van der Waals surface area contributed by atoms with Crippen molar-refractivity contribution >= 4 is 11.9 Å². The third-order valence-electron chi connectivity index (χ3n) is 8.36. The molecule has 0 saturated heterocycles. The molecule has 0 aliphatic carbocycles. The van der Waals surface area contributed by atoms with Gasteiger partial charge in [-0.25, -0.2) is 9.59 Å². The average Bonchev–Trinajstić information content (AvgIpc) is 3.15. The summed E-state index contributed by atoms with van der Waals surface area (Å²) in [6.07, 6.45) is 0.709. The number of carbonyl (C=O) groups is 2. The van der Waals surface area contributed by atoms with Crippen LogP contribution < -0.4 is 18.9 Å².